The summed E-state index contributed by atoms with van der Waals surface area (Å²) in [6.07, 6.45) is 1.26. The molecule has 0 amide bonds. The van der Waals surface area contributed by atoms with E-state index in [1.807, 2.05) is 12.1 Å². The quantitative estimate of drug-likeness (QED) is 0.918. The monoisotopic (exact) mass is 259 g/mol. The van der Waals surface area contributed by atoms with Crippen LogP contribution in [-0.4, -0.2) is 26.1 Å². The molecule has 0 aliphatic carbocycles. The summed E-state index contributed by atoms with van der Waals surface area (Å²) in [4.78, 5) is 11.0. The van der Waals surface area contributed by atoms with Crippen molar-refractivity contribution in [2.24, 2.45) is 0 Å². The molecule has 2 rings (SSSR count). The van der Waals surface area contributed by atoms with Gasteiger partial charge < -0.3 is 5.11 Å². The van der Waals surface area contributed by atoms with E-state index in [-0.39, 0.29) is 11.1 Å². The lowest BCUT2D eigenvalue weighted by molar-refractivity contribution is 0.0684. The normalized spacial score (nSPS) is 11.5. The standard InChI is InChI=1S/C14H17N3O2/c1-14(2,3)11-6-4-10(5-7-11)9-17-12(13(18)19)8-15-16-17/h4-8H,9H2,1-3H3,(H,18,19). The molecule has 5 heteroatoms. The summed E-state index contributed by atoms with van der Waals surface area (Å²) >= 11 is 0. The average molecular weight is 259 g/mol. The van der Waals surface area contributed by atoms with Gasteiger partial charge in [-0.25, -0.2) is 9.48 Å². The van der Waals surface area contributed by atoms with Crippen molar-refractivity contribution in [1.29, 1.82) is 0 Å². The van der Waals surface area contributed by atoms with Crippen LogP contribution in [0.2, 0.25) is 0 Å². The van der Waals surface area contributed by atoms with Crippen LogP contribution >= 0.6 is 0 Å². The van der Waals surface area contributed by atoms with Gasteiger partial charge in [-0.1, -0.05) is 50.3 Å². The topological polar surface area (TPSA) is 68.0 Å². The van der Waals surface area contributed by atoms with Crippen molar-refractivity contribution >= 4 is 5.97 Å². The highest BCUT2D eigenvalue weighted by Crippen LogP contribution is 2.22. The van der Waals surface area contributed by atoms with Gasteiger partial charge in [0.25, 0.3) is 0 Å². The highest BCUT2D eigenvalue weighted by atomic mass is 16.4. The smallest absolute Gasteiger partial charge is 0.355 e. The number of aromatic nitrogens is 3. The van der Waals surface area contributed by atoms with E-state index in [0.717, 1.165) is 5.56 Å². The van der Waals surface area contributed by atoms with Crippen molar-refractivity contribution in [3.05, 3.63) is 47.3 Å². The zero-order valence-corrected chi connectivity index (χ0v) is 11.3. The third-order valence-electron chi connectivity index (χ3n) is 2.99. The van der Waals surface area contributed by atoms with E-state index in [9.17, 15) is 4.79 Å². The number of aromatic carboxylic acids is 1. The average Bonchev–Trinajstić information content (AvgIpc) is 2.77. The summed E-state index contributed by atoms with van der Waals surface area (Å²) in [7, 11) is 0. The van der Waals surface area contributed by atoms with E-state index >= 15 is 0 Å². The SMILES string of the molecule is CC(C)(C)c1ccc(Cn2nncc2C(=O)O)cc1. The fourth-order valence-electron chi connectivity index (χ4n) is 1.82. The first kappa shape index (κ1) is 13.3. The summed E-state index contributed by atoms with van der Waals surface area (Å²) in [6, 6.07) is 8.11. The van der Waals surface area contributed by atoms with E-state index in [1.54, 1.807) is 0 Å². The Balaban J connectivity index is 2.20. The van der Waals surface area contributed by atoms with Gasteiger partial charge in [-0.05, 0) is 16.5 Å². The maximum absolute atomic E-state index is 11.0. The number of benzene rings is 1. The van der Waals surface area contributed by atoms with Crippen LogP contribution in [0, 0.1) is 0 Å². The molecule has 0 saturated carbocycles. The Hall–Kier alpha value is -2.17. The third-order valence-corrected chi connectivity index (χ3v) is 2.99. The molecular formula is C14H17N3O2. The molecule has 0 spiro atoms. The maximum atomic E-state index is 11.0. The molecule has 5 nitrogen and oxygen atoms in total. The molecule has 1 heterocycles. The van der Waals surface area contributed by atoms with Crippen LogP contribution in [0.3, 0.4) is 0 Å². The van der Waals surface area contributed by atoms with Gasteiger partial charge in [0, 0.05) is 0 Å². The Morgan fingerprint density at radius 3 is 2.42 bits per heavy atom. The van der Waals surface area contributed by atoms with Crippen LogP contribution in [0.4, 0.5) is 0 Å². The molecule has 1 aromatic heterocycles. The van der Waals surface area contributed by atoms with Gasteiger partial charge in [-0.15, -0.1) is 5.10 Å². The lowest BCUT2D eigenvalue weighted by Crippen LogP contribution is -2.12. The summed E-state index contributed by atoms with van der Waals surface area (Å²) < 4.78 is 1.38. The largest absolute Gasteiger partial charge is 0.476 e. The summed E-state index contributed by atoms with van der Waals surface area (Å²) in [5.41, 5.74) is 2.45. The first-order chi connectivity index (χ1) is 8.88. The molecule has 2 aromatic rings. The predicted molar refractivity (Wildman–Crippen MR) is 71.2 cm³/mol. The Kier molecular flexibility index (Phi) is 3.38. The van der Waals surface area contributed by atoms with Crippen LogP contribution in [0.5, 0.6) is 0 Å². The van der Waals surface area contributed by atoms with E-state index in [0.29, 0.717) is 6.54 Å². The molecule has 0 aliphatic rings. The zero-order chi connectivity index (χ0) is 14.0. The second-order valence-electron chi connectivity index (χ2n) is 5.53. The van der Waals surface area contributed by atoms with Gasteiger partial charge in [0.1, 0.15) is 0 Å². The highest BCUT2D eigenvalue weighted by molar-refractivity contribution is 5.85. The molecule has 0 bridgehead atoms. The Bertz CT molecular complexity index is 579. The van der Waals surface area contributed by atoms with Gasteiger partial charge >= 0.3 is 5.97 Å². The van der Waals surface area contributed by atoms with E-state index in [4.69, 9.17) is 5.11 Å². The number of carboxylic acid groups (broad SMARTS) is 1. The van der Waals surface area contributed by atoms with Gasteiger partial charge in [-0.3, -0.25) is 0 Å². The van der Waals surface area contributed by atoms with E-state index in [1.165, 1.54) is 16.4 Å². The summed E-state index contributed by atoms with van der Waals surface area (Å²) in [5, 5.41) is 16.4. The molecular weight excluding hydrogens is 242 g/mol. The van der Waals surface area contributed by atoms with E-state index in [2.05, 4.69) is 43.2 Å². The van der Waals surface area contributed by atoms with Crippen molar-refractivity contribution in [3.63, 3.8) is 0 Å². The molecule has 0 radical (unpaired) electrons. The van der Waals surface area contributed by atoms with E-state index < -0.39 is 5.97 Å². The molecule has 100 valence electrons. The lowest BCUT2D eigenvalue weighted by atomic mass is 9.87. The van der Waals surface area contributed by atoms with Crippen molar-refractivity contribution in [1.82, 2.24) is 15.0 Å². The molecule has 0 atom stereocenters. The zero-order valence-electron chi connectivity index (χ0n) is 11.3. The second kappa shape index (κ2) is 4.84. The minimum Gasteiger partial charge on any atom is -0.476 e. The van der Waals surface area contributed by atoms with Gasteiger partial charge in [-0.2, -0.15) is 0 Å². The molecule has 0 fully saturated rings. The van der Waals surface area contributed by atoms with Crippen LogP contribution in [-0.2, 0) is 12.0 Å². The number of rotatable bonds is 3. The number of nitrogens with zero attached hydrogens (tertiary/aromatic N) is 3. The van der Waals surface area contributed by atoms with Crippen molar-refractivity contribution in [2.45, 2.75) is 32.7 Å². The fourth-order valence-corrected chi connectivity index (χ4v) is 1.82. The second-order valence-corrected chi connectivity index (χ2v) is 5.53. The fraction of sp³-hybridized carbons (Fsp3) is 0.357. The molecule has 1 aromatic carbocycles. The van der Waals surface area contributed by atoms with Gasteiger partial charge in [0.05, 0.1) is 12.7 Å². The van der Waals surface area contributed by atoms with Crippen molar-refractivity contribution in [3.8, 4) is 0 Å². The molecule has 19 heavy (non-hydrogen) atoms. The molecule has 0 aliphatic heterocycles. The Morgan fingerprint density at radius 1 is 1.26 bits per heavy atom. The number of hydrogen-bond donors (Lipinski definition) is 1. The first-order valence-corrected chi connectivity index (χ1v) is 6.09. The van der Waals surface area contributed by atoms with Crippen molar-refractivity contribution < 1.29 is 9.90 Å². The maximum Gasteiger partial charge on any atom is 0.355 e. The number of carbonyl (C=O) groups is 1. The summed E-state index contributed by atoms with van der Waals surface area (Å²) in [6.45, 7) is 6.87. The number of hydrogen-bond acceptors (Lipinski definition) is 3. The molecule has 0 saturated heterocycles. The predicted octanol–water partition coefficient (Wildman–Crippen LogP) is 2.32. The molecule has 1 N–H and O–H groups in total. The lowest BCUT2D eigenvalue weighted by Gasteiger charge is -2.19. The Morgan fingerprint density at radius 2 is 1.89 bits per heavy atom. The van der Waals surface area contributed by atoms with Crippen LogP contribution < -0.4 is 0 Å². The number of carboxylic acids is 1. The minimum atomic E-state index is -1.02. The third kappa shape index (κ3) is 2.99. The highest BCUT2D eigenvalue weighted by Gasteiger charge is 2.14. The van der Waals surface area contributed by atoms with Gasteiger partial charge in [0.2, 0.25) is 0 Å². The summed E-state index contributed by atoms with van der Waals surface area (Å²) in [5.74, 6) is -1.02. The minimum absolute atomic E-state index is 0.0971. The first-order valence-electron chi connectivity index (χ1n) is 6.09. The van der Waals surface area contributed by atoms with Crippen molar-refractivity contribution in [2.75, 3.05) is 0 Å². The van der Waals surface area contributed by atoms with Gasteiger partial charge in [0.15, 0.2) is 5.69 Å². The Labute approximate surface area is 111 Å². The van der Waals surface area contributed by atoms with Crippen LogP contribution in [0.25, 0.3) is 0 Å². The van der Waals surface area contributed by atoms with Crippen LogP contribution in [0.1, 0.15) is 42.4 Å². The van der Waals surface area contributed by atoms with Crippen LogP contribution in [0.15, 0.2) is 30.5 Å². The molecule has 0 unspecified atom stereocenters.